The minimum absolute atomic E-state index is 0.0380. The van der Waals surface area contributed by atoms with Crippen molar-refractivity contribution in [2.75, 3.05) is 12.3 Å². The average molecular weight is 345 g/mol. The molecule has 0 bridgehead atoms. The molecule has 0 spiro atoms. The summed E-state index contributed by atoms with van der Waals surface area (Å²) in [7, 11) is -3.52. The summed E-state index contributed by atoms with van der Waals surface area (Å²) < 4.78 is 30.3. The van der Waals surface area contributed by atoms with Crippen molar-refractivity contribution in [1.29, 1.82) is 5.26 Å². The van der Waals surface area contributed by atoms with Crippen LogP contribution in [0.5, 0.6) is 5.75 Å². The molecule has 7 heteroatoms. The van der Waals surface area contributed by atoms with Crippen molar-refractivity contribution in [3.05, 3.63) is 47.8 Å². The Morgan fingerprint density at radius 3 is 2.67 bits per heavy atom. The Kier molecular flexibility index (Phi) is 5.42. The van der Waals surface area contributed by atoms with Crippen molar-refractivity contribution >= 4 is 15.5 Å². The van der Waals surface area contributed by atoms with E-state index < -0.39 is 15.1 Å². The second-order valence-corrected chi connectivity index (χ2v) is 8.01. The largest absolute Gasteiger partial charge is 0.491 e. The van der Waals surface area contributed by atoms with E-state index >= 15 is 0 Å². The molecule has 0 aliphatic heterocycles. The molecular formula is C17H19N3O3S. The number of rotatable bonds is 6. The first-order valence-electron chi connectivity index (χ1n) is 7.46. The molecule has 0 atom stereocenters. The molecule has 1 aromatic carbocycles. The van der Waals surface area contributed by atoms with Crippen molar-refractivity contribution in [3.8, 4) is 11.8 Å². The lowest BCUT2D eigenvalue weighted by molar-refractivity contribution is 0.321. The van der Waals surface area contributed by atoms with Gasteiger partial charge in [-0.1, -0.05) is 6.07 Å². The number of aromatic nitrogens is 1. The number of sulfone groups is 1. The molecule has 0 aliphatic carbocycles. The summed E-state index contributed by atoms with van der Waals surface area (Å²) in [5, 5.41) is 8.58. The van der Waals surface area contributed by atoms with E-state index in [1.165, 1.54) is 12.1 Å². The Hall–Kier alpha value is -2.59. The number of nitrogens with zero attached hydrogens (tertiary/aromatic N) is 2. The van der Waals surface area contributed by atoms with Crippen LogP contribution >= 0.6 is 0 Å². The average Bonchev–Trinajstić information content (AvgIpc) is 2.57. The molecule has 0 amide bonds. The topological polar surface area (TPSA) is 106 Å². The van der Waals surface area contributed by atoms with Gasteiger partial charge in [0.15, 0.2) is 9.84 Å². The quantitative estimate of drug-likeness (QED) is 0.805. The van der Waals surface area contributed by atoms with Crippen LogP contribution in [0, 0.1) is 11.3 Å². The van der Waals surface area contributed by atoms with Crippen molar-refractivity contribution in [2.45, 2.75) is 30.4 Å². The molecule has 6 nitrogen and oxygen atoms in total. The molecule has 2 N–H and O–H groups in total. The van der Waals surface area contributed by atoms with Crippen LogP contribution in [0.4, 0.5) is 5.69 Å². The van der Waals surface area contributed by atoms with Gasteiger partial charge in [0.05, 0.1) is 28.0 Å². The molecule has 0 radical (unpaired) electrons. The summed E-state index contributed by atoms with van der Waals surface area (Å²) in [4.78, 5) is 4.22. The van der Waals surface area contributed by atoms with Crippen LogP contribution in [0.1, 0.15) is 25.1 Å². The third-order valence-electron chi connectivity index (χ3n) is 3.53. The lowest BCUT2D eigenvalue weighted by atomic mass is 10.2. The van der Waals surface area contributed by atoms with E-state index in [1.807, 2.05) is 24.3 Å². The van der Waals surface area contributed by atoms with Gasteiger partial charge in [0.2, 0.25) is 0 Å². The molecule has 24 heavy (non-hydrogen) atoms. The van der Waals surface area contributed by atoms with Crippen LogP contribution in [-0.2, 0) is 16.3 Å². The van der Waals surface area contributed by atoms with Gasteiger partial charge in [-0.2, -0.15) is 5.26 Å². The third kappa shape index (κ3) is 3.84. The Morgan fingerprint density at radius 2 is 2.08 bits per heavy atom. The maximum atomic E-state index is 12.3. The molecule has 1 heterocycles. The first-order chi connectivity index (χ1) is 11.4. The van der Waals surface area contributed by atoms with Crippen molar-refractivity contribution in [1.82, 2.24) is 4.98 Å². The number of benzene rings is 1. The van der Waals surface area contributed by atoms with Crippen molar-refractivity contribution < 1.29 is 13.2 Å². The highest BCUT2D eigenvalue weighted by Gasteiger charge is 2.22. The number of pyridine rings is 1. The van der Waals surface area contributed by atoms with Crippen LogP contribution < -0.4 is 10.5 Å². The van der Waals surface area contributed by atoms with Gasteiger partial charge in [0.25, 0.3) is 0 Å². The standard InChI is InChI=1S/C17H19N3O3S/c1-12(2)24(21,22)15-9-13(11-18)17(19)16(10-15)23-8-6-14-5-3-4-7-20-14/h3-5,7,9-10,12H,6,8,19H2,1-2H3. The smallest absolute Gasteiger partial charge is 0.180 e. The van der Waals surface area contributed by atoms with Crippen molar-refractivity contribution in [2.24, 2.45) is 0 Å². The van der Waals surface area contributed by atoms with E-state index in [-0.39, 0.29) is 28.5 Å². The molecule has 0 unspecified atom stereocenters. The normalized spacial score (nSPS) is 11.2. The molecule has 2 rings (SSSR count). The highest BCUT2D eigenvalue weighted by molar-refractivity contribution is 7.92. The van der Waals surface area contributed by atoms with Crippen molar-refractivity contribution in [3.63, 3.8) is 0 Å². The lowest BCUT2D eigenvalue weighted by Crippen LogP contribution is -2.15. The molecule has 0 saturated heterocycles. The lowest BCUT2D eigenvalue weighted by Gasteiger charge is -2.14. The fraction of sp³-hybridized carbons (Fsp3) is 0.294. The first kappa shape index (κ1) is 17.8. The van der Waals surface area contributed by atoms with Gasteiger partial charge in [-0.3, -0.25) is 4.98 Å². The zero-order valence-corrected chi connectivity index (χ0v) is 14.4. The molecule has 2 aromatic rings. The zero-order chi connectivity index (χ0) is 17.7. The second-order valence-electron chi connectivity index (χ2n) is 5.51. The van der Waals surface area contributed by atoms with Crippen LogP contribution in [0.15, 0.2) is 41.4 Å². The van der Waals surface area contributed by atoms with Gasteiger partial charge in [0, 0.05) is 24.4 Å². The SMILES string of the molecule is CC(C)S(=O)(=O)c1cc(C#N)c(N)c(OCCc2ccccn2)c1. The molecular weight excluding hydrogens is 326 g/mol. The van der Waals surface area contributed by atoms with Gasteiger partial charge in [0.1, 0.15) is 11.8 Å². The zero-order valence-electron chi connectivity index (χ0n) is 13.6. The number of nitrogens with two attached hydrogens (primary N) is 1. The Morgan fingerprint density at radius 1 is 1.33 bits per heavy atom. The summed E-state index contributed by atoms with van der Waals surface area (Å²) in [6, 6.07) is 10.1. The second kappa shape index (κ2) is 7.32. The molecule has 1 aromatic heterocycles. The minimum atomic E-state index is -3.52. The minimum Gasteiger partial charge on any atom is -0.491 e. The molecule has 0 saturated carbocycles. The molecule has 126 valence electrons. The summed E-state index contributed by atoms with van der Waals surface area (Å²) >= 11 is 0. The first-order valence-corrected chi connectivity index (χ1v) is 9.01. The summed E-state index contributed by atoms with van der Waals surface area (Å²) in [6.45, 7) is 3.44. The van der Waals surface area contributed by atoms with Crippen LogP contribution in [0.25, 0.3) is 0 Å². The van der Waals surface area contributed by atoms with Gasteiger partial charge in [-0.05, 0) is 32.0 Å². The van der Waals surface area contributed by atoms with Crippen LogP contribution in [-0.4, -0.2) is 25.3 Å². The fourth-order valence-electron chi connectivity index (χ4n) is 2.06. The monoisotopic (exact) mass is 345 g/mol. The maximum absolute atomic E-state index is 12.3. The summed E-state index contributed by atoms with van der Waals surface area (Å²) in [6.07, 6.45) is 2.23. The van der Waals surface area contributed by atoms with E-state index in [0.717, 1.165) is 5.69 Å². The van der Waals surface area contributed by atoms with Gasteiger partial charge >= 0.3 is 0 Å². The highest BCUT2D eigenvalue weighted by Crippen LogP contribution is 2.31. The molecule has 0 fully saturated rings. The number of nitrogen functional groups attached to an aromatic ring is 1. The Bertz CT molecular complexity index is 857. The third-order valence-corrected chi connectivity index (χ3v) is 5.66. The fourth-order valence-corrected chi connectivity index (χ4v) is 3.16. The number of hydrogen-bond donors (Lipinski definition) is 1. The van der Waals surface area contributed by atoms with Crippen LogP contribution in [0.2, 0.25) is 0 Å². The predicted octanol–water partition coefficient (Wildman–Crippen LogP) is 2.34. The number of anilines is 1. The summed E-state index contributed by atoms with van der Waals surface area (Å²) in [5.41, 5.74) is 6.98. The molecule has 0 aliphatic rings. The maximum Gasteiger partial charge on any atom is 0.180 e. The Balaban J connectivity index is 2.27. The van der Waals surface area contributed by atoms with Gasteiger partial charge in [-0.25, -0.2) is 8.42 Å². The Labute approximate surface area is 141 Å². The number of hydrogen-bond acceptors (Lipinski definition) is 6. The summed E-state index contributed by atoms with van der Waals surface area (Å²) in [5.74, 6) is 0.198. The van der Waals surface area contributed by atoms with E-state index in [9.17, 15) is 13.7 Å². The number of ether oxygens (including phenoxy) is 1. The van der Waals surface area contributed by atoms with E-state index in [2.05, 4.69) is 4.98 Å². The number of nitriles is 1. The van der Waals surface area contributed by atoms with Gasteiger partial charge in [-0.15, -0.1) is 0 Å². The highest BCUT2D eigenvalue weighted by atomic mass is 32.2. The van der Waals surface area contributed by atoms with E-state index in [4.69, 9.17) is 10.5 Å². The van der Waals surface area contributed by atoms with Crippen LogP contribution in [0.3, 0.4) is 0 Å². The van der Waals surface area contributed by atoms with E-state index in [0.29, 0.717) is 6.42 Å². The van der Waals surface area contributed by atoms with Gasteiger partial charge < -0.3 is 10.5 Å². The predicted molar refractivity (Wildman–Crippen MR) is 91.3 cm³/mol. The van der Waals surface area contributed by atoms with E-state index in [1.54, 1.807) is 20.0 Å².